The zero-order valence-electron chi connectivity index (χ0n) is 14.2. The molecule has 0 spiro atoms. The SMILES string of the molecule is CCCNC(=O)c1ccc(NC(=O)C(NC)c2cnn(C)c2)cc1. The summed E-state index contributed by atoms with van der Waals surface area (Å²) >= 11 is 0. The lowest BCUT2D eigenvalue weighted by atomic mass is 10.1. The number of rotatable bonds is 7. The van der Waals surface area contributed by atoms with E-state index in [9.17, 15) is 9.59 Å². The third-order valence-corrected chi connectivity index (χ3v) is 3.56. The maximum absolute atomic E-state index is 12.4. The summed E-state index contributed by atoms with van der Waals surface area (Å²) in [5, 5.41) is 12.7. The van der Waals surface area contributed by atoms with E-state index in [1.807, 2.05) is 6.92 Å². The second kappa shape index (κ2) is 8.26. The molecule has 0 bridgehead atoms. The lowest BCUT2D eigenvalue weighted by Crippen LogP contribution is -2.30. The van der Waals surface area contributed by atoms with E-state index in [0.29, 0.717) is 17.8 Å². The van der Waals surface area contributed by atoms with Crippen LogP contribution in [0.2, 0.25) is 0 Å². The number of nitrogens with zero attached hydrogens (tertiary/aromatic N) is 2. The summed E-state index contributed by atoms with van der Waals surface area (Å²) in [6.45, 7) is 2.64. The molecule has 0 radical (unpaired) electrons. The number of nitrogens with one attached hydrogen (secondary N) is 3. The van der Waals surface area contributed by atoms with Crippen LogP contribution in [0.1, 0.15) is 35.3 Å². The predicted molar refractivity (Wildman–Crippen MR) is 92.7 cm³/mol. The molecular weight excluding hydrogens is 306 g/mol. The van der Waals surface area contributed by atoms with Crippen molar-refractivity contribution in [1.29, 1.82) is 0 Å². The van der Waals surface area contributed by atoms with Crippen molar-refractivity contribution in [3.63, 3.8) is 0 Å². The number of hydrogen-bond acceptors (Lipinski definition) is 4. The fourth-order valence-electron chi connectivity index (χ4n) is 2.30. The van der Waals surface area contributed by atoms with Crippen LogP contribution in [0.3, 0.4) is 0 Å². The van der Waals surface area contributed by atoms with Crippen LogP contribution in [0, 0.1) is 0 Å². The van der Waals surface area contributed by atoms with Crippen molar-refractivity contribution >= 4 is 17.5 Å². The average molecular weight is 329 g/mol. The van der Waals surface area contributed by atoms with Crippen molar-refractivity contribution in [2.45, 2.75) is 19.4 Å². The largest absolute Gasteiger partial charge is 0.352 e. The topological polar surface area (TPSA) is 88.1 Å². The molecule has 3 N–H and O–H groups in total. The Morgan fingerprint density at radius 2 is 1.96 bits per heavy atom. The van der Waals surface area contributed by atoms with E-state index < -0.39 is 6.04 Å². The molecule has 128 valence electrons. The summed E-state index contributed by atoms with van der Waals surface area (Å²) < 4.78 is 1.65. The van der Waals surface area contributed by atoms with Crippen molar-refractivity contribution in [3.8, 4) is 0 Å². The quantitative estimate of drug-likeness (QED) is 0.717. The van der Waals surface area contributed by atoms with Crippen LogP contribution >= 0.6 is 0 Å². The van der Waals surface area contributed by atoms with Gasteiger partial charge in [-0.3, -0.25) is 14.3 Å². The standard InChI is InChI=1S/C17H23N5O2/c1-4-9-19-16(23)12-5-7-14(8-6-12)21-17(24)15(18-2)13-10-20-22(3)11-13/h5-8,10-11,15,18H,4,9H2,1-3H3,(H,19,23)(H,21,24). The molecule has 1 aromatic heterocycles. The van der Waals surface area contributed by atoms with Crippen molar-refractivity contribution in [2.75, 3.05) is 18.9 Å². The highest BCUT2D eigenvalue weighted by molar-refractivity contribution is 5.97. The van der Waals surface area contributed by atoms with Gasteiger partial charge in [0, 0.05) is 36.6 Å². The molecule has 2 aromatic rings. The number of likely N-dealkylation sites (N-methyl/N-ethyl adjacent to an activating group) is 1. The third kappa shape index (κ3) is 4.42. The van der Waals surface area contributed by atoms with Gasteiger partial charge in [0.1, 0.15) is 6.04 Å². The summed E-state index contributed by atoms with van der Waals surface area (Å²) in [7, 11) is 3.52. The zero-order valence-corrected chi connectivity index (χ0v) is 14.2. The molecule has 1 unspecified atom stereocenters. The minimum atomic E-state index is -0.494. The summed E-state index contributed by atoms with van der Waals surface area (Å²) in [5.74, 6) is -0.299. The van der Waals surface area contributed by atoms with Gasteiger partial charge in [-0.1, -0.05) is 6.92 Å². The van der Waals surface area contributed by atoms with Gasteiger partial charge in [0.15, 0.2) is 0 Å². The van der Waals surface area contributed by atoms with Crippen LogP contribution < -0.4 is 16.0 Å². The van der Waals surface area contributed by atoms with E-state index in [0.717, 1.165) is 12.0 Å². The van der Waals surface area contributed by atoms with Crippen molar-refractivity contribution in [1.82, 2.24) is 20.4 Å². The fourth-order valence-corrected chi connectivity index (χ4v) is 2.30. The molecule has 0 aliphatic heterocycles. The number of amides is 2. The normalized spacial score (nSPS) is 11.8. The van der Waals surface area contributed by atoms with Gasteiger partial charge in [-0.15, -0.1) is 0 Å². The van der Waals surface area contributed by atoms with Crippen LogP contribution in [0.15, 0.2) is 36.7 Å². The van der Waals surface area contributed by atoms with Crippen molar-refractivity contribution in [3.05, 3.63) is 47.8 Å². The molecule has 0 fully saturated rings. The van der Waals surface area contributed by atoms with E-state index in [4.69, 9.17) is 0 Å². The predicted octanol–water partition coefficient (Wildman–Crippen LogP) is 1.46. The van der Waals surface area contributed by atoms with Crippen molar-refractivity contribution in [2.24, 2.45) is 7.05 Å². The van der Waals surface area contributed by atoms with Gasteiger partial charge in [-0.25, -0.2) is 0 Å². The first kappa shape index (κ1) is 17.7. The molecule has 1 heterocycles. The van der Waals surface area contributed by atoms with E-state index in [1.165, 1.54) is 0 Å². The molecule has 2 amide bonds. The lowest BCUT2D eigenvalue weighted by molar-refractivity contribution is -0.118. The molecule has 24 heavy (non-hydrogen) atoms. The molecule has 2 rings (SSSR count). The molecular formula is C17H23N5O2. The minimum absolute atomic E-state index is 0.113. The smallest absolute Gasteiger partial charge is 0.251 e. The molecule has 1 aromatic carbocycles. The molecule has 0 aliphatic carbocycles. The first-order chi connectivity index (χ1) is 11.5. The lowest BCUT2D eigenvalue weighted by Gasteiger charge is -2.14. The summed E-state index contributed by atoms with van der Waals surface area (Å²) in [6, 6.07) is 6.33. The summed E-state index contributed by atoms with van der Waals surface area (Å²) in [4.78, 5) is 24.3. The third-order valence-electron chi connectivity index (χ3n) is 3.56. The molecule has 0 aliphatic rings. The highest BCUT2D eigenvalue weighted by Gasteiger charge is 2.20. The Morgan fingerprint density at radius 1 is 1.25 bits per heavy atom. The van der Waals surface area contributed by atoms with Gasteiger partial charge in [0.05, 0.1) is 6.20 Å². The Kier molecular flexibility index (Phi) is 6.08. The first-order valence-electron chi connectivity index (χ1n) is 7.90. The molecule has 0 saturated heterocycles. The van der Waals surface area contributed by atoms with Gasteiger partial charge in [-0.05, 0) is 37.7 Å². The van der Waals surface area contributed by atoms with Crippen LogP contribution in [0.25, 0.3) is 0 Å². The number of carbonyl (C=O) groups excluding carboxylic acids is 2. The van der Waals surface area contributed by atoms with Gasteiger partial charge in [0.25, 0.3) is 5.91 Å². The minimum Gasteiger partial charge on any atom is -0.352 e. The Morgan fingerprint density at radius 3 is 2.50 bits per heavy atom. The zero-order chi connectivity index (χ0) is 17.5. The molecule has 1 atom stereocenters. The van der Waals surface area contributed by atoms with E-state index >= 15 is 0 Å². The Hall–Kier alpha value is -2.67. The van der Waals surface area contributed by atoms with E-state index in [-0.39, 0.29) is 11.8 Å². The summed E-state index contributed by atoms with van der Waals surface area (Å²) in [5.41, 5.74) is 1.99. The van der Waals surface area contributed by atoms with Crippen molar-refractivity contribution < 1.29 is 9.59 Å². The number of benzene rings is 1. The van der Waals surface area contributed by atoms with E-state index in [1.54, 1.807) is 55.4 Å². The van der Waals surface area contributed by atoms with Crippen LogP contribution in [-0.2, 0) is 11.8 Å². The van der Waals surface area contributed by atoms with Crippen LogP contribution in [-0.4, -0.2) is 35.2 Å². The first-order valence-corrected chi connectivity index (χ1v) is 7.90. The van der Waals surface area contributed by atoms with Gasteiger partial charge in [-0.2, -0.15) is 5.10 Å². The Bertz CT molecular complexity index is 693. The highest BCUT2D eigenvalue weighted by Crippen LogP contribution is 2.16. The van der Waals surface area contributed by atoms with E-state index in [2.05, 4.69) is 21.0 Å². The van der Waals surface area contributed by atoms with Gasteiger partial charge < -0.3 is 16.0 Å². The Labute approximate surface area is 141 Å². The second-order valence-electron chi connectivity index (χ2n) is 5.49. The molecule has 0 saturated carbocycles. The number of aromatic nitrogens is 2. The fraction of sp³-hybridized carbons (Fsp3) is 0.353. The average Bonchev–Trinajstić information content (AvgIpc) is 3.00. The number of hydrogen-bond donors (Lipinski definition) is 3. The van der Waals surface area contributed by atoms with Gasteiger partial charge >= 0.3 is 0 Å². The maximum Gasteiger partial charge on any atom is 0.251 e. The highest BCUT2D eigenvalue weighted by atomic mass is 16.2. The number of carbonyl (C=O) groups is 2. The van der Waals surface area contributed by atoms with Crippen LogP contribution in [0.4, 0.5) is 5.69 Å². The monoisotopic (exact) mass is 329 g/mol. The van der Waals surface area contributed by atoms with Crippen LogP contribution in [0.5, 0.6) is 0 Å². The maximum atomic E-state index is 12.4. The molecule has 7 heteroatoms. The number of anilines is 1. The summed E-state index contributed by atoms with van der Waals surface area (Å²) in [6.07, 6.45) is 4.34. The van der Waals surface area contributed by atoms with Gasteiger partial charge in [0.2, 0.25) is 5.91 Å². The Balaban J connectivity index is 2.02. The molecule has 7 nitrogen and oxygen atoms in total. The second-order valence-corrected chi connectivity index (χ2v) is 5.49. The number of aryl methyl sites for hydroxylation is 1.